The Kier molecular flexibility index (Phi) is 3.83. The summed E-state index contributed by atoms with van der Waals surface area (Å²) < 4.78 is 40.5. The number of aromatic nitrogens is 3. The fraction of sp³-hybridized carbons (Fsp3) is 0.100. The van der Waals surface area contributed by atoms with Crippen molar-refractivity contribution in [3.63, 3.8) is 0 Å². The highest BCUT2D eigenvalue weighted by Gasteiger charge is 2.32. The molecule has 2 rings (SSSR count). The summed E-state index contributed by atoms with van der Waals surface area (Å²) in [6.45, 7) is 0. The molecule has 1 aromatic heterocycles. The second kappa shape index (κ2) is 5.26. The molecule has 0 aliphatic rings. The van der Waals surface area contributed by atoms with Crippen LogP contribution in [-0.4, -0.2) is 27.7 Å². The van der Waals surface area contributed by atoms with E-state index in [4.69, 9.17) is 5.73 Å². The van der Waals surface area contributed by atoms with Crippen molar-refractivity contribution in [2.24, 2.45) is 5.73 Å². The van der Waals surface area contributed by atoms with Crippen LogP contribution in [-0.2, 0) is 0 Å². The van der Waals surface area contributed by atoms with Crippen LogP contribution >= 0.6 is 22.6 Å². The van der Waals surface area contributed by atoms with Gasteiger partial charge in [-0.05, 0) is 40.8 Å². The van der Waals surface area contributed by atoms with Crippen molar-refractivity contribution in [2.45, 2.75) is 6.36 Å². The molecule has 0 radical (unpaired) electrons. The summed E-state index contributed by atoms with van der Waals surface area (Å²) in [6, 6.07) is 3.84. The number of hydrogen-bond acceptors (Lipinski definition) is 4. The number of carbonyl (C=O) groups is 1. The van der Waals surface area contributed by atoms with E-state index >= 15 is 0 Å². The van der Waals surface area contributed by atoms with Gasteiger partial charge in [-0.3, -0.25) is 4.79 Å². The van der Waals surface area contributed by atoms with Crippen molar-refractivity contribution in [1.29, 1.82) is 0 Å². The van der Waals surface area contributed by atoms with Gasteiger partial charge < -0.3 is 10.5 Å². The van der Waals surface area contributed by atoms with Gasteiger partial charge in [-0.1, -0.05) is 0 Å². The van der Waals surface area contributed by atoms with Gasteiger partial charge in [0, 0.05) is 5.56 Å². The molecular weight excluding hydrogens is 392 g/mol. The Morgan fingerprint density at radius 3 is 2.60 bits per heavy atom. The van der Waals surface area contributed by atoms with E-state index in [-0.39, 0.29) is 20.7 Å². The minimum atomic E-state index is -4.77. The van der Waals surface area contributed by atoms with Gasteiger partial charge in [0.25, 0.3) is 5.91 Å². The van der Waals surface area contributed by atoms with Crippen molar-refractivity contribution in [3.8, 4) is 17.0 Å². The summed E-state index contributed by atoms with van der Waals surface area (Å²) in [6.07, 6.45) is -4.77. The Morgan fingerprint density at radius 1 is 1.35 bits per heavy atom. The number of primary amides is 1. The van der Waals surface area contributed by atoms with Crippen molar-refractivity contribution in [3.05, 3.63) is 27.5 Å². The number of aromatic amines is 1. The molecule has 0 spiro atoms. The first kappa shape index (κ1) is 14.6. The molecule has 20 heavy (non-hydrogen) atoms. The summed E-state index contributed by atoms with van der Waals surface area (Å²) in [5.41, 5.74) is 5.57. The number of hydrogen-bond donors (Lipinski definition) is 2. The molecular formula is C10H6F3IN4O2. The SMILES string of the molecule is NC(=O)c1n[nH]nc1-c1ccc(OC(F)(F)F)c(I)c1. The molecule has 1 amide bonds. The largest absolute Gasteiger partial charge is 0.573 e. The van der Waals surface area contributed by atoms with E-state index in [1.54, 1.807) is 22.6 Å². The average molecular weight is 398 g/mol. The lowest BCUT2D eigenvalue weighted by Gasteiger charge is -2.11. The molecule has 1 aromatic carbocycles. The van der Waals surface area contributed by atoms with Crippen molar-refractivity contribution in [2.75, 3.05) is 0 Å². The number of alkyl halides is 3. The molecule has 0 atom stereocenters. The normalized spacial score (nSPS) is 11.4. The zero-order valence-electron chi connectivity index (χ0n) is 9.53. The molecule has 0 saturated heterocycles. The number of rotatable bonds is 3. The second-order valence-electron chi connectivity index (χ2n) is 3.58. The van der Waals surface area contributed by atoms with Gasteiger partial charge in [-0.15, -0.1) is 13.2 Å². The predicted molar refractivity (Wildman–Crippen MR) is 69.7 cm³/mol. The number of H-pyrrole nitrogens is 1. The first-order valence-electron chi connectivity index (χ1n) is 5.04. The molecule has 0 bridgehead atoms. The van der Waals surface area contributed by atoms with Gasteiger partial charge in [0.05, 0.1) is 3.57 Å². The van der Waals surface area contributed by atoms with E-state index in [0.29, 0.717) is 5.56 Å². The van der Waals surface area contributed by atoms with E-state index in [0.717, 1.165) is 6.07 Å². The summed E-state index contributed by atoms with van der Waals surface area (Å²) in [5, 5.41) is 9.56. The van der Waals surface area contributed by atoms with Gasteiger partial charge in [0.2, 0.25) is 0 Å². The van der Waals surface area contributed by atoms with Crippen LogP contribution in [0.3, 0.4) is 0 Å². The lowest BCUT2D eigenvalue weighted by molar-refractivity contribution is -0.274. The molecule has 106 valence electrons. The van der Waals surface area contributed by atoms with Crippen LogP contribution in [0.5, 0.6) is 5.75 Å². The molecule has 6 nitrogen and oxygen atoms in total. The highest BCUT2D eigenvalue weighted by atomic mass is 127. The fourth-order valence-electron chi connectivity index (χ4n) is 1.46. The molecule has 2 aromatic rings. The highest BCUT2D eigenvalue weighted by Crippen LogP contribution is 2.31. The molecule has 1 heterocycles. The Balaban J connectivity index is 2.38. The average Bonchev–Trinajstić information content (AvgIpc) is 2.79. The van der Waals surface area contributed by atoms with Crippen molar-refractivity contribution >= 4 is 28.5 Å². The maximum atomic E-state index is 12.2. The van der Waals surface area contributed by atoms with Crippen LogP contribution in [0.4, 0.5) is 13.2 Å². The molecule has 0 aliphatic heterocycles. The number of nitrogens with zero attached hydrogens (tertiary/aromatic N) is 2. The molecule has 3 N–H and O–H groups in total. The molecule has 0 unspecified atom stereocenters. The topological polar surface area (TPSA) is 93.9 Å². The lowest BCUT2D eigenvalue weighted by atomic mass is 10.1. The van der Waals surface area contributed by atoms with Gasteiger partial charge in [-0.25, -0.2) is 0 Å². The van der Waals surface area contributed by atoms with E-state index in [1.807, 2.05) is 0 Å². The third-order valence-corrected chi connectivity index (χ3v) is 3.06. The number of nitrogens with one attached hydrogen (secondary N) is 1. The summed E-state index contributed by atoms with van der Waals surface area (Å²) in [4.78, 5) is 11.1. The zero-order valence-corrected chi connectivity index (χ0v) is 11.7. The van der Waals surface area contributed by atoms with Crippen LogP contribution in [0, 0.1) is 3.57 Å². The Bertz CT molecular complexity index is 656. The second-order valence-corrected chi connectivity index (χ2v) is 4.74. The summed E-state index contributed by atoms with van der Waals surface area (Å²) in [7, 11) is 0. The Morgan fingerprint density at radius 2 is 2.05 bits per heavy atom. The minimum Gasteiger partial charge on any atom is -0.405 e. The molecule has 10 heteroatoms. The van der Waals surface area contributed by atoms with Crippen LogP contribution < -0.4 is 10.5 Å². The number of ether oxygens (including phenoxy) is 1. The van der Waals surface area contributed by atoms with Crippen LogP contribution in [0.25, 0.3) is 11.3 Å². The number of nitrogens with two attached hydrogens (primary N) is 1. The molecule has 0 fully saturated rings. The third kappa shape index (κ3) is 3.18. The lowest BCUT2D eigenvalue weighted by Crippen LogP contribution is -2.17. The smallest absolute Gasteiger partial charge is 0.405 e. The number of amides is 1. The van der Waals surface area contributed by atoms with Crippen molar-refractivity contribution in [1.82, 2.24) is 15.4 Å². The van der Waals surface area contributed by atoms with Gasteiger partial charge in [-0.2, -0.15) is 15.4 Å². The molecule has 0 saturated carbocycles. The Labute approximate surface area is 123 Å². The van der Waals surface area contributed by atoms with Gasteiger partial charge in [0.1, 0.15) is 11.4 Å². The minimum absolute atomic E-state index is 0.0923. The number of benzene rings is 1. The van der Waals surface area contributed by atoms with E-state index in [2.05, 4.69) is 20.1 Å². The first-order chi connectivity index (χ1) is 9.28. The Hall–Kier alpha value is -1.85. The van der Waals surface area contributed by atoms with Crippen LogP contribution in [0.2, 0.25) is 0 Å². The third-order valence-electron chi connectivity index (χ3n) is 2.21. The van der Waals surface area contributed by atoms with Crippen LogP contribution in [0.1, 0.15) is 10.5 Å². The highest BCUT2D eigenvalue weighted by molar-refractivity contribution is 14.1. The zero-order chi connectivity index (χ0) is 14.9. The van der Waals surface area contributed by atoms with E-state index in [1.165, 1.54) is 12.1 Å². The predicted octanol–water partition coefficient (Wildman–Crippen LogP) is 2.07. The monoisotopic (exact) mass is 398 g/mol. The maximum absolute atomic E-state index is 12.2. The standard InChI is InChI=1S/C10H6F3IN4O2/c11-10(12,13)20-6-2-1-4(3-5(6)14)7-8(9(15)19)17-18-16-7/h1-3H,(H2,15,19)(H,16,17,18). The van der Waals surface area contributed by atoms with Crippen molar-refractivity contribution < 1.29 is 22.7 Å². The van der Waals surface area contributed by atoms with E-state index in [9.17, 15) is 18.0 Å². The van der Waals surface area contributed by atoms with Crippen LogP contribution in [0.15, 0.2) is 18.2 Å². The fourth-order valence-corrected chi connectivity index (χ4v) is 2.08. The summed E-state index contributed by atoms with van der Waals surface area (Å²) in [5.74, 6) is -1.13. The van der Waals surface area contributed by atoms with Gasteiger partial charge >= 0.3 is 6.36 Å². The molecule has 0 aliphatic carbocycles. The summed E-state index contributed by atoms with van der Waals surface area (Å²) >= 11 is 1.68. The van der Waals surface area contributed by atoms with E-state index < -0.39 is 12.3 Å². The number of halogens is 4. The number of carbonyl (C=O) groups excluding carboxylic acids is 1. The quantitative estimate of drug-likeness (QED) is 0.775. The maximum Gasteiger partial charge on any atom is 0.573 e. The van der Waals surface area contributed by atoms with Gasteiger partial charge in [0.15, 0.2) is 5.69 Å². The first-order valence-corrected chi connectivity index (χ1v) is 6.12.